The Bertz CT molecular complexity index is 1160. The van der Waals surface area contributed by atoms with Crippen molar-refractivity contribution in [2.45, 2.75) is 19.6 Å². The molecule has 2 aromatic rings. The Kier molecular flexibility index (Phi) is 7.52. The van der Waals surface area contributed by atoms with Crippen molar-refractivity contribution in [1.82, 2.24) is 9.47 Å². The number of aromatic nitrogens is 1. The van der Waals surface area contributed by atoms with Crippen LogP contribution in [0.4, 0.5) is 13.2 Å². The van der Waals surface area contributed by atoms with E-state index >= 15 is 0 Å². The molecule has 2 heterocycles. The molecule has 1 aliphatic heterocycles. The molecule has 1 aromatic heterocycles. The van der Waals surface area contributed by atoms with E-state index in [0.717, 1.165) is 34.1 Å². The SMILES string of the molecule is CCOC(=O)/C=c1\s/c(=C/c2ccccc2C(F)(F)F)c(=O)n1CC(=O)N1CCOCC1. The van der Waals surface area contributed by atoms with Crippen molar-refractivity contribution in [2.24, 2.45) is 0 Å². The predicted octanol–water partition coefficient (Wildman–Crippen LogP) is 0.960. The maximum Gasteiger partial charge on any atom is 0.416 e. The van der Waals surface area contributed by atoms with Crippen LogP contribution in [0.3, 0.4) is 0 Å². The molecule has 1 saturated heterocycles. The third kappa shape index (κ3) is 5.65. The molecule has 32 heavy (non-hydrogen) atoms. The van der Waals surface area contributed by atoms with Gasteiger partial charge < -0.3 is 14.4 Å². The second-order valence-corrected chi connectivity index (χ2v) is 7.88. The molecule has 0 spiro atoms. The molecule has 0 saturated carbocycles. The monoisotopic (exact) mass is 470 g/mol. The fourth-order valence-electron chi connectivity index (χ4n) is 3.15. The zero-order valence-corrected chi connectivity index (χ0v) is 18.0. The van der Waals surface area contributed by atoms with E-state index in [9.17, 15) is 27.6 Å². The molecule has 3 rings (SSSR count). The Hall–Kier alpha value is -2.92. The van der Waals surface area contributed by atoms with Gasteiger partial charge in [0.1, 0.15) is 11.2 Å². The van der Waals surface area contributed by atoms with Gasteiger partial charge in [0, 0.05) is 13.1 Å². The number of halogens is 3. The summed E-state index contributed by atoms with van der Waals surface area (Å²) in [6.07, 6.45) is -2.42. The molecular weight excluding hydrogens is 449 g/mol. The summed E-state index contributed by atoms with van der Waals surface area (Å²) >= 11 is 0.819. The molecule has 172 valence electrons. The Morgan fingerprint density at radius 1 is 1.22 bits per heavy atom. The molecule has 0 radical (unpaired) electrons. The van der Waals surface area contributed by atoms with Crippen molar-refractivity contribution >= 4 is 35.4 Å². The van der Waals surface area contributed by atoms with Crippen molar-refractivity contribution in [3.05, 3.63) is 54.9 Å². The van der Waals surface area contributed by atoms with Gasteiger partial charge in [-0.3, -0.25) is 14.2 Å². The van der Waals surface area contributed by atoms with E-state index in [-0.39, 0.29) is 33.8 Å². The van der Waals surface area contributed by atoms with Gasteiger partial charge in [0.05, 0.1) is 36.0 Å². The lowest BCUT2D eigenvalue weighted by atomic mass is 10.1. The van der Waals surface area contributed by atoms with Crippen LogP contribution >= 0.6 is 11.3 Å². The number of rotatable bonds is 5. The standard InChI is InChI=1S/C21H21F3N2O5S/c1-2-31-19(28)12-18-26(13-17(27)25-7-9-30-10-8-25)20(29)16(32-18)11-14-5-3-4-6-15(14)21(22,23)24/h3-6,11-12H,2,7-10,13H2,1H3/b16-11+,18-12-. The lowest BCUT2D eigenvalue weighted by Crippen LogP contribution is -2.45. The fourth-order valence-corrected chi connectivity index (χ4v) is 4.17. The van der Waals surface area contributed by atoms with E-state index in [1.54, 1.807) is 6.92 Å². The van der Waals surface area contributed by atoms with Crippen molar-refractivity contribution in [2.75, 3.05) is 32.9 Å². The maximum atomic E-state index is 13.3. The highest BCUT2D eigenvalue weighted by atomic mass is 32.1. The minimum absolute atomic E-state index is 0.0352. The van der Waals surface area contributed by atoms with Gasteiger partial charge in [-0.1, -0.05) is 18.2 Å². The summed E-state index contributed by atoms with van der Waals surface area (Å²) in [6, 6.07) is 4.86. The molecule has 1 aromatic carbocycles. The van der Waals surface area contributed by atoms with Crippen LogP contribution in [0.15, 0.2) is 29.1 Å². The Morgan fingerprint density at radius 3 is 2.56 bits per heavy atom. The van der Waals surface area contributed by atoms with Crippen LogP contribution in [0, 0.1) is 0 Å². The molecule has 0 bridgehead atoms. The highest BCUT2D eigenvalue weighted by Crippen LogP contribution is 2.32. The van der Waals surface area contributed by atoms with Gasteiger partial charge in [-0.15, -0.1) is 11.3 Å². The summed E-state index contributed by atoms with van der Waals surface area (Å²) in [4.78, 5) is 39.2. The lowest BCUT2D eigenvalue weighted by Gasteiger charge is -2.26. The third-order valence-electron chi connectivity index (χ3n) is 4.67. The van der Waals surface area contributed by atoms with Crippen molar-refractivity contribution < 1.29 is 32.2 Å². The summed E-state index contributed by atoms with van der Waals surface area (Å²) in [5, 5.41) is 0. The summed E-state index contributed by atoms with van der Waals surface area (Å²) in [7, 11) is 0. The first-order chi connectivity index (χ1) is 15.2. The Balaban J connectivity index is 2.10. The van der Waals surface area contributed by atoms with Crippen LogP contribution in [0.25, 0.3) is 12.2 Å². The summed E-state index contributed by atoms with van der Waals surface area (Å²) in [6.45, 7) is 2.85. The van der Waals surface area contributed by atoms with Crippen LogP contribution in [0.2, 0.25) is 0 Å². The second-order valence-electron chi connectivity index (χ2n) is 6.81. The van der Waals surface area contributed by atoms with Gasteiger partial charge in [0.2, 0.25) is 5.91 Å². The quantitative estimate of drug-likeness (QED) is 0.609. The number of carbonyl (C=O) groups is 2. The molecule has 1 amide bonds. The van der Waals surface area contributed by atoms with Crippen LogP contribution in [-0.4, -0.2) is 54.3 Å². The predicted molar refractivity (Wildman–Crippen MR) is 111 cm³/mol. The molecule has 7 nitrogen and oxygen atoms in total. The fraction of sp³-hybridized carbons (Fsp3) is 0.381. The summed E-state index contributed by atoms with van der Waals surface area (Å²) in [5.74, 6) is -1.07. The first-order valence-corrected chi connectivity index (χ1v) is 10.6. The molecule has 0 unspecified atom stereocenters. The molecule has 0 aliphatic carbocycles. The number of esters is 1. The molecule has 0 atom stereocenters. The van der Waals surface area contributed by atoms with Gasteiger partial charge >= 0.3 is 12.1 Å². The number of carbonyl (C=O) groups excluding carboxylic acids is 2. The maximum absolute atomic E-state index is 13.3. The van der Waals surface area contributed by atoms with Crippen molar-refractivity contribution in [1.29, 1.82) is 0 Å². The number of ether oxygens (including phenoxy) is 2. The number of hydrogen-bond donors (Lipinski definition) is 0. The highest BCUT2D eigenvalue weighted by Gasteiger charge is 2.32. The van der Waals surface area contributed by atoms with Crippen LogP contribution in [0.5, 0.6) is 0 Å². The van der Waals surface area contributed by atoms with Gasteiger partial charge in [0.15, 0.2) is 0 Å². The third-order valence-corrected chi connectivity index (χ3v) is 5.73. The van der Waals surface area contributed by atoms with E-state index in [1.165, 1.54) is 23.1 Å². The number of benzene rings is 1. The zero-order valence-electron chi connectivity index (χ0n) is 17.2. The minimum Gasteiger partial charge on any atom is -0.463 e. The number of morpholine rings is 1. The van der Waals surface area contributed by atoms with Crippen molar-refractivity contribution in [3.8, 4) is 0 Å². The molecule has 11 heteroatoms. The molecule has 1 aliphatic rings. The number of amides is 1. The largest absolute Gasteiger partial charge is 0.463 e. The first-order valence-electron chi connectivity index (χ1n) is 9.82. The van der Waals surface area contributed by atoms with Crippen molar-refractivity contribution in [3.63, 3.8) is 0 Å². The van der Waals surface area contributed by atoms with E-state index in [2.05, 4.69) is 0 Å². The average molecular weight is 470 g/mol. The Labute approximate surface area is 185 Å². The Morgan fingerprint density at radius 2 is 1.91 bits per heavy atom. The highest BCUT2D eigenvalue weighted by molar-refractivity contribution is 7.07. The number of thiazole rings is 1. The van der Waals surface area contributed by atoms with Gasteiger partial charge in [-0.05, 0) is 24.6 Å². The second kappa shape index (κ2) is 10.1. The molecule has 0 N–H and O–H groups in total. The van der Waals surface area contributed by atoms with E-state index in [4.69, 9.17) is 9.47 Å². The van der Waals surface area contributed by atoms with Gasteiger partial charge in [0.25, 0.3) is 5.56 Å². The van der Waals surface area contributed by atoms with Gasteiger partial charge in [-0.2, -0.15) is 13.2 Å². The summed E-state index contributed by atoms with van der Waals surface area (Å²) in [5.41, 5.74) is -1.74. The topological polar surface area (TPSA) is 77.8 Å². The van der Waals surface area contributed by atoms with E-state index in [0.29, 0.717) is 26.3 Å². The van der Waals surface area contributed by atoms with E-state index in [1.807, 2.05) is 0 Å². The lowest BCUT2D eigenvalue weighted by molar-refractivity contribution is -0.138. The molecule has 1 fully saturated rings. The number of alkyl halides is 3. The number of hydrogen-bond acceptors (Lipinski definition) is 6. The van der Waals surface area contributed by atoms with Crippen LogP contribution in [-0.2, 0) is 31.8 Å². The van der Waals surface area contributed by atoms with E-state index < -0.39 is 23.3 Å². The van der Waals surface area contributed by atoms with Crippen LogP contribution < -0.4 is 14.8 Å². The minimum atomic E-state index is -4.60. The van der Waals surface area contributed by atoms with Crippen LogP contribution in [0.1, 0.15) is 18.1 Å². The first kappa shape index (κ1) is 23.7. The summed E-state index contributed by atoms with van der Waals surface area (Å²) < 4.78 is 51.3. The smallest absolute Gasteiger partial charge is 0.416 e. The average Bonchev–Trinajstić information content (AvgIpc) is 3.03. The van der Waals surface area contributed by atoms with Gasteiger partial charge in [-0.25, -0.2) is 4.79 Å². The molecular formula is C21H21F3N2O5S. The number of nitrogens with zero attached hydrogens (tertiary/aromatic N) is 2. The zero-order chi connectivity index (χ0) is 23.3. The normalized spacial score (nSPS) is 15.8.